The molecule has 11 rings (SSSR count). The van der Waals surface area contributed by atoms with Gasteiger partial charge in [0.25, 0.3) is 23.1 Å². The first kappa shape index (κ1) is 116. The van der Waals surface area contributed by atoms with Crippen LogP contribution in [0.5, 0.6) is 0 Å². The summed E-state index contributed by atoms with van der Waals surface area (Å²) in [5.41, 5.74) is 11.7. The van der Waals surface area contributed by atoms with Crippen LogP contribution >= 0.6 is 7.82 Å². The lowest BCUT2D eigenvalue weighted by molar-refractivity contribution is -0.422. The molecule has 0 bridgehead atoms. The normalized spacial score (nSPS) is 49.1. The van der Waals surface area contributed by atoms with Crippen molar-refractivity contribution in [2.24, 2.45) is 11.5 Å². The average molecular weight is 2100 g/mol. The van der Waals surface area contributed by atoms with E-state index in [1.54, 1.807) is 0 Å². The highest BCUT2D eigenvalue weighted by Crippen LogP contribution is 2.48. The van der Waals surface area contributed by atoms with Gasteiger partial charge in [-0.3, -0.25) is 4.52 Å². The van der Waals surface area contributed by atoms with Crippen LogP contribution in [0.15, 0.2) is 0 Å². The molecule has 11 fully saturated rings. The van der Waals surface area contributed by atoms with Gasteiger partial charge in [0.1, 0.15) is 220 Å². The van der Waals surface area contributed by atoms with Crippen LogP contribution in [0.4, 0.5) is 0 Å². The predicted molar refractivity (Wildman–Crippen MR) is 412 cm³/mol. The number of carbonyl (C=O) groups is 6. The Morgan fingerprint density at radius 3 is 1.18 bits per heavy atom. The zero-order valence-corrected chi connectivity index (χ0v) is 73.2. The highest BCUT2D eigenvalue weighted by atomic mass is 31.2. The molecule has 0 aromatic heterocycles. The molecule has 11 aliphatic rings. The van der Waals surface area contributed by atoms with Crippen LogP contribution < -0.4 is 11.5 Å². The van der Waals surface area contributed by atoms with Gasteiger partial charge in [0.2, 0.25) is 0 Å². The quantitative estimate of drug-likeness (QED) is 0.0254. The summed E-state index contributed by atoms with van der Waals surface area (Å²) >= 11 is 0. The zero-order valence-electron chi connectivity index (χ0n) is 72.3. The van der Waals surface area contributed by atoms with E-state index >= 15 is 0 Å². The van der Waals surface area contributed by atoms with Gasteiger partial charge < -0.3 is 299 Å². The van der Waals surface area contributed by atoms with Crippen molar-refractivity contribution in [1.82, 2.24) is 0 Å². The van der Waals surface area contributed by atoms with Gasteiger partial charge in [0, 0.05) is 19.3 Å². The Bertz CT molecular complexity index is 4180. The van der Waals surface area contributed by atoms with Crippen molar-refractivity contribution in [2.45, 2.75) is 349 Å². The number of nitrogens with two attached hydrogens (primary N) is 2. The monoisotopic (exact) mass is 2090 g/mol. The third kappa shape index (κ3) is 24.3. The summed E-state index contributed by atoms with van der Waals surface area (Å²) in [6.45, 7) is -12.2. The summed E-state index contributed by atoms with van der Waals surface area (Å²) in [6, 6.07) is -3.60. The lowest BCUT2D eigenvalue weighted by Gasteiger charge is -2.54. The number of aliphatic hydroxyl groups is 29. The van der Waals surface area contributed by atoms with Crippen molar-refractivity contribution in [2.75, 3.05) is 59.5 Å². The molecule has 69 heteroatoms. The first-order valence-electron chi connectivity index (χ1n) is 42.7. The standard InChI is InChI=1S/C72H115N2O66P/c73-25-35(90)29(84)19(125-58(25)107)7-119-59-26(74)36(91)50(140-141(116,117)118)24(132-59)12-124-72(68(114)115)55(102)54(138-71(67(112)113)2-14(79)27(82)47(135-71)15(80)4-75)53(48(139-72)16(81)5-76)134-64-46(101)41(96)49(18(6-77)127-64)133-63-45(100)39(94)31(86)21(130-63)9-121-60-42(97)37(92)30(85)20(128-60)8-120-61-43(98)38(93)32(87)22(129-61)10-123-70(66(110)111)3-17(34(89)52(137-70)57(105)106)126-62-44(99)40(95)33(88)23(131-62)11-122-69(65(108)109)1-13(78)28(83)51(136-69)56(103)104/h13-55,58-64,75-102,107H,1-12,73-74H2,(H,103,104)(H,105,106)(H,108,109)(H,110,111)(H,112,113)(H,114,115)(H2,116,117,118)/t13-,14-,15-,16-,17-,18-,19-,20-,21-,22-,23-,24-,25-,26-,27-,28-,29-,30-,31-,32-,33-,34-,35-,36-,37+,38+,39+,40+,41-,42-,43-,44-,45-,46-,47-,48-,49-,50-,51+,52+,53+,54+,55+,58+,59-,60+,61+,62-,63+,64-,69-,70-,71+,72-/m1/s1. The topological polar surface area (TPSA) is 1120 Å². The predicted octanol–water partition coefficient (Wildman–Crippen LogP) is -25.1. The van der Waals surface area contributed by atoms with Crippen molar-refractivity contribution in [1.29, 1.82) is 0 Å². The molecule has 11 aliphatic heterocycles. The highest BCUT2D eigenvalue weighted by molar-refractivity contribution is 7.46. The smallest absolute Gasteiger partial charge is 0.470 e. The van der Waals surface area contributed by atoms with Gasteiger partial charge in [-0.25, -0.2) is 33.3 Å². The zero-order chi connectivity index (χ0) is 105. The van der Waals surface area contributed by atoms with Crippen LogP contribution in [-0.4, -0.2) is 613 Å². The molecule has 41 N–H and O–H groups in total. The van der Waals surface area contributed by atoms with Gasteiger partial charge in [-0.05, 0) is 0 Å². The number of aliphatic carboxylic acids is 6. The van der Waals surface area contributed by atoms with Crippen LogP contribution in [0.3, 0.4) is 0 Å². The van der Waals surface area contributed by atoms with Crippen molar-refractivity contribution in [3.63, 3.8) is 0 Å². The molecule has 141 heavy (non-hydrogen) atoms. The molecule has 814 valence electrons. The molecule has 11 saturated heterocycles. The summed E-state index contributed by atoms with van der Waals surface area (Å²) in [4.78, 5) is 97.7. The van der Waals surface area contributed by atoms with Crippen molar-refractivity contribution < 1.29 is 326 Å². The van der Waals surface area contributed by atoms with Crippen LogP contribution in [0.25, 0.3) is 0 Å². The van der Waals surface area contributed by atoms with Crippen LogP contribution in [0, 0.1) is 0 Å². The minimum atomic E-state index is -5.89. The average Bonchev–Trinajstić information content (AvgIpc) is 0.725. The summed E-state index contributed by atoms with van der Waals surface area (Å²) in [5, 5.41) is 383. The molecule has 0 spiro atoms. The van der Waals surface area contributed by atoms with E-state index in [9.17, 15) is 222 Å². The van der Waals surface area contributed by atoms with Crippen molar-refractivity contribution >= 4 is 43.6 Å². The largest absolute Gasteiger partial charge is 0.479 e. The second kappa shape index (κ2) is 46.9. The Hall–Kier alpha value is -5.15. The third-order valence-electron chi connectivity index (χ3n) is 25.2. The number of ether oxygens (including phenoxy) is 21. The minimum Gasteiger partial charge on any atom is -0.479 e. The Balaban J connectivity index is 0.764. The van der Waals surface area contributed by atoms with Crippen LogP contribution in [0.2, 0.25) is 0 Å². The minimum absolute atomic E-state index is 0.970. The van der Waals surface area contributed by atoms with Crippen LogP contribution in [-0.2, 0) is 137 Å². The first-order valence-corrected chi connectivity index (χ1v) is 44.2. The highest BCUT2D eigenvalue weighted by Gasteiger charge is 2.70. The molecular weight excluding hydrogens is 1980 g/mol. The Labute approximate surface area is 787 Å². The van der Waals surface area contributed by atoms with E-state index in [-0.39, 0.29) is 0 Å². The van der Waals surface area contributed by atoms with E-state index in [0.717, 1.165) is 0 Å². The third-order valence-corrected chi connectivity index (χ3v) is 25.7. The molecule has 11 heterocycles. The number of phosphoric acid groups is 1. The molecule has 0 unspecified atom stereocenters. The SMILES string of the molecule is N[C@@H]1[C@@H](O)[C@H](O)[C@@H](CO[C@@H]2O[C@H](CO[C@@]3(C(=O)O)O[C@H]([C@H](O)CO)[C@H](O[C@H]4O[C@H](CO)[C@@H](O[C@@H]5O[C@H](CO[C@H]6O[C@H](CO[C@H]7O[C@H](CO[C@]8(C(=O)O)C[C@@H](O[C@@H]9O[C@H](CO[C@]%10(C(=O)O)C[C@@H](O)[C@@H](O)[C@@H](C(=O)O)O%10)[C@@H](O)[C@H](O)[C@H]9O)[C@@H](O)[C@@H](C(=O)O)O8)[C@@H](O)[C@H](O)[C@H]7O)[C@@H](O)[C@H](O)[C@H]6O)[C@@H](O)[C@H](O)[C@H]5O)[C@H](O)[C@H]4O)[C@H](O[C@]4(C(=O)O)C[C@@H](O)[C@@H](O)[C@@H]([C@H](O)CO)O4)[C@@H]3O)[C@@H](OP(=O)(O)O)[C@H](O)[C@H]2N)O[C@@H]1O. The molecule has 0 amide bonds. The summed E-state index contributed by atoms with van der Waals surface area (Å²) in [6.07, 6.45) is -120. The van der Waals surface area contributed by atoms with E-state index < -0.39 is 452 Å². The maximum atomic E-state index is 14.0. The van der Waals surface area contributed by atoms with Gasteiger partial charge in [0.15, 0.2) is 56.2 Å². The van der Waals surface area contributed by atoms with Gasteiger partial charge in [-0.1, -0.05) is 0 Å². The summed E-state index contributed by atoms with van der Waals surface area (Å²) in [5.74, 6) is -28.0. The van der Waals surface area contributed by atoms with Crippen molar-refractivity contribution in [3.8, 4) is 0 Å². The van der Waals surface area contributed by atoms with Crippen molar-refractivity contribution in [3.05, 3.63) is 0 Å². The molecule has 0 aromatic carbocycles. The second-order valence-corrected chi connectivity index (χ2v) is 35.9. The maximum absolute atomic E-state index is 14.0. The van der Waals surface area contributed by atoms with Gasteiger partial charge in [0.05, 0.1) is 89.9 Å². The van der Waals surface area contributed by atoms with Gasteiger partial charge in [-0.15, -0.1) is 0 Å². The van der Waals surface area contributed by atoms with E-state index in [2.05, 4.69) is 0 Å². The van der Waals surface area contributed by atoms with E-state index in [1.165, 1.54) is 0 Å². The number of carboxylic acid groups (broad SMARTS) is 6. The lowest BCUT2D eigenvalue weighted by Crippen LogP contribution is -2.75. The number of aliphatic hydroxyl groups excluding tert-OH is 29. The number of phosphoric ester groups is 1. The van der Waals surface area contributed by atoms with Crippen LogP contribution in [0.1, 0.15) is 19.3 Å². The fraction of sp³-hybridized carbons (Fsp3) is 0.917. The maximum Gasteiger partial charge on any atom is 0.470 e. The fourth-order valence-corrected chi connectivity index (χ4v) is 17.7. The molecule has 0 aliphatic carbocycles. The summed E-state index contributed by atoms with van der Waals surface area (Å²) in [7, 11) is -5.89. The first-order chi connectivity index (χ1) is 65.8. The Morgan fingerprint density at radius 1 is 0.340 bits per heavy atom. The number of hydrogen-bond acceptors (Lipinski definition) is 60. The Morgan fingerprint density at radius 2 is 0.723 bits per heavy atom. The molecular formula is C72H115N2O66P. The second-order valence-electron chi connectivity index (χ2n) is 34.7. The van der Waals surface area contributed by atoms with Gasteiger partial charge >= 0.3 is 43.6 Å². The number of rotatable bonds is 39. The molecule has 68 nitrogen and oxygen atoms in total. The van der Waals surface area contributed by atoms with E-state index in [4.69, 9.17) is 115 Å². The molecule has 54 atom stereocenters. The Kier molecular flexibility index (Phi) is 38.7. The van der Waals surface area contributed by atoms with E-state index in [0.29, 0.717) is 0 Å². The molecule has 0 saturated carbocycles. The number of carboxylic acids is 6. The van der Waals surface area contributed by atoms with E-state index in [1.807, 2.05) is 0 Å². The fourth-order valence-electron chi connectivity index (χ4n) is 17.1. The summed E-state index contributed by atoms with van der Waals surface area (Å²) < 4.78 is 134. The van der Waals surface area contributed by atoms with Gasteiger partial charge in [-0.2, -0.15) is 0 Å². The molecule has 0 aromatic rings. The number of hydrogen-bond donors (Lipinski definition) is 39. The lowest BCUT2D eigenvalue weighted by atomic mass is 9.87. The molecule has 0 radical (unpaired) electrons.